The van der Waals surface area contributed by atoms with Crippen LogP contribution in [-0.4, -0.2) is 32.7 Å². The highest BCUT2D eigenvalue weighted by molar-refractivity contribution is 9.10. The summed E-state index contributed by atoms with van der Waals surface area (Å²) >= 11 is 3.17. The van der Waals surface area contributed by atoms with Crippen LogP contribution in [-0.2, 0) is 14.8 Å². The lowest BCUT2D eigenvalue weighted by atomic mass is 10.3. The van der Waals surface area contributed by atoms with Gasteiger partial charge in [0.15, 0.2) is 4.67 Å². The Morgan fingerprint density at radius 1 is 1.17 bits per heavy atom. The van der Waals surface area contributed by atoms with Crippen LogP contribution in [0.5, 0.6) is 0 Å². The van der Waals surface area contributed by atoms with E-state index in [2.05, 4.69) is 21.2 Å². The second-order valence-corrected chi connectivity index (χ2v) is 7.71. The minimum absolute atomic E-state index is 0.163. The number of carbonyl (C=O) groups is 1. The highest BCUT2D eigenvalue weighted by Gasteiger charge is 2.16. The highest BCUT2D eigenvalue weighted by atomic mass is 79.9. The second-order valence-electron chi connectivity index (χ2n) is 4.78. The Morgan fingerprint density at radius 3 is 2.35 bits per heavy atom. The Hall–Kier alpha value is -1.90. The van der Waals surface area contributed by atoms with Crippen LogP contribution in [0.4, 0.5) is 5.69 Å². The van der Waals surface area contributed by atoms with Gasteiger partial charge in [-0.3, -0.25) is 4.79 Å². The van der Waals surface area contributed by atoms with Crippen molar-refractivity contribution in [1.82, 2.24) is 4.31 Å². The van der Waals surface area contributed by atoms with Crippen molar-refractivity contribution >= 4 is 43.6 Å². The fourth-order valence-electron chi connectivity index (χ4n) is 1.68. The number of benzene rings is 1. The molecule has 0 atom stereocenters. The number of carbonyl (C=O) groups excluding carboxylic acids is 1. The number of nitrogens with zero attached hydrogens (tertiary/aromatic N) is 1. The van der Waals surface area contributed by atoms with Gasteiger partial charge in [-0.1, -0.05) is 0 Å². The van der Waals surface area contributed by atoms with Crippen molar-refractivity contribution in [3.63, 3.8) is 0 Å². The minimum Gasteiger partial charge on any atom is -0.450 e. The number of sulfonamides is 1. The number of amides is 1. The van der Waals surface area contributed by atoms with Crippen LogP contribution in [0.3, 0.4) is 0 Å². The average Bonchev–Trinajstić information content (AvgIpc) is 2.91. The number of anilines is 1. The molecular weight excluding hydrogens is 384 g/mol. The molecule has 23 heavy (non-hydrogen) atoms. The molecule has 0 saturated carbocycles. The average molecular weight is 399 g/mol. The molecule has 1 aromatic heterocycles. The minimum atomic E-state index is -3.48. The van der Waals surface area contributed by atoms with Crippen LogP contribution in [0.2, 0.25) is 0 Å². The van der Waals surface area contributed by atoms with E-state index in [1.807, 2.05) is 0 Å². The Morgan fingerprint density at radius 2 is 1.83 bits per heavy atom. The van der Waals surface area contributed by atoms with Gasteiger partial charge in [-0.2, -0.15) is 0 Å². The quantitative estimate of drug-likeness (QED) is 0.785. The molecule has 1 aromatic carbocycles. The maximum Gasteiger partial charge on any atom is 0.248 e. The molecule has 0 unspecified atom stereocenters. The SMILES string of the molecule is CN(C)S(=O)(=O)c1ccc(NC(=O)/C=C/c2ccc(Br)o2)cc1. The molecule has 0 bridgehead atoms. The first-order chi connectivity index (χ1) is 10.8. The molecule has 0 radical (unpaired) electrons. The van der Waals surface area contributed by atoms with E-state index in [9.17, 15) is 13.2 Å². The Bertz CT molecular complexity index is 823. The molecule has 6 nitrogen and oxygen atoms in total. The smallest absolute Gasteiger partial charge is 0.248 e. The van der Waals surface area contributed by atoms with Gasteiger partial charge >= 0.3 is 0 Å². The third-order valence-electron chi connectivity index (χ3n) is 2.89. The second kappa shape index (κ2) is 7.12. The van der Waals surface area contributed by atoms with E-state index in [-0.39, 0.29) is 10.8 Å². The van der Waals surface area contributed by atoms with E-state index in [0.29, 0.717) is 16.1 Å². The van der Waals surface area contributed by atoms with Crippen molar-refractivity contribution in [2.75, 3.05) is 19.4 Å². The summed E-state index contributed by atoms with van der Waals surface area (Å²) in [5, 5.41) is 2.64. The molecule has 0 aliphatic rings. The van der Waals surface area contributed by atoms with Gasteiger partial charge in [0.05, 0.1) is 4.90 Å². The van der Waals surface area contributed by atoms with Crippen molar-refractivity contribution in [2.45, 2.75) is 4.90 Å². The molecule has 122 valence electrons. The summed E-state index contributed by atoms with van der Waals surface area (Å²) < 4.78 is 30.8. The summed E-state index contributed by atoms with van der Waals surface area (Å²) in [6.45, 7) is 0. The number of rotatable bonds is 5. The Balaban J connectivity index is 2.03. The van der Waals surface area contributed by atoms with Gasteiger partial charge < -0.3 is 9.73 Å². The fraction of sp³-hybridized carbons (Fsp3) is 0.133. The zero-order valence-corrected chi connectivity index (χ0v) is 14.9. The van der Waals surface area contributed by atoms with Gasteiger partial charge in [0.2, 0.25) is 15.9 Å². The summed E-state index contributed by atoms with van der Waals surface area (Å²) in [6.07, 6.45) is 2.86. The first kappa shape index (κ1) is 17.5. The van der Waals surface area contributed by atoms with Crippen molar-refractivity contribution in [1.29, 1.82) is 0 Å². The van der Waals surface area contributed by atoms with Gasteiger partial charge in [0.1, 0.15) is 5.76 Å². The fourth-order valence-corrected chi connectivity index (χ4v) is 2.90. The lowest BCUT2D eigenvalue weighted by Crippen LogP contribution is -2.22. The molecule has 2 aromatic rings. The van der Waals surface area contributed by atoms with Crippen molar-refractivity contribution < 1.29 is 17.6 Å². The third kappa shape index (κ3) is 4.54. The summed E-state index contributed by atoms with van der Waals surface area (Å²) in [5.74, 6) is 0.195. The van der Waals surface area contributed by atoms with Crippen LogP contribution in [0.25, 0.3) is 6.08 Å². The van der Waals surface area contributed by atoms with E-state index in [4.69, 9.17) is 4.42 Å². The molecule has 0 aliphatic carbocycles. The van der Waals surface area contributed by atoms with Crippen LogP contribution in [0.15, 0.2) is 56.5 Å². The van der Waals surface area contributed by atoms with Gasteiger partial charge in [0.25, 0.3) is 0 Å². The van der Waals surface area contributed by atoms with E-state index in [1.54, 1.807) is 12.1 Å². The number of halogens is 1. The zero-order valence-electron chi connectivity index (χ0n) is 12.5. The molecule has 8 heteroatoms. The third-order valence-corrected chi connectivity index (χ3v) is 5.15. The predicted molar refractivity (Wildman–Crippen MR) is 91.4 cm³/mol. The summed E-state index contributed by atoms with van der Waals surface area (Å²) in [4.78, 5) is 12.0. The van der Waals surface area contributed by atoms with Crippen molar-refractivity contribution in [2.24, 2.45) is 0 Å². The van der Waals surface area contributed by atoms with Crippen LogP contribution < -0.4 is 5.32 Å². The van der Waals surface area contributed by atoms with E-state index >= 15 is 0 Å². The molecule has 1 N–H and O–H groups in total. The van der Waals surface area contributed by atoms with Crippen LogP contribution >= 0.6 is 15.9 Å². The van der Waals surface area contributed by atoms with Gasteiger partial charge in [-0.25, -0.2) is 12.7 Å². The van der Waals surface area contributed by atoms with E-state index in [0.717, 1.165) is 4.31 Å². The van der Waals surface area contributed by atoms with Gasteiger partial charge in [-0.15, -0.1) is 0 Å². The molecule has 1 heterocycles. The summed E-state index contributed by atoms with van der Waals surface area (Å²) in [5.41, 5.74) is 0.498. The van der Waals surface area contributed by atoms with Gasteiger partial charge in [0, 0.05) is 25.9 Å². The van der Waals surface area contributed by atoms with Crippen LogP contribution in [0, 0.1) is 0 Å². The summed E-state index contributed by atoms with van der Waals surface area (Å²) in [7, 11) is -0.554. The van der Waals surface area contributed by atoms with Gasteiger partial charge in [-0.05, 0) is 58.4 Å². The van der Waals surface area contributed by atoms with Crippen molar-refractivity contribution in [3.05, 3.63) is 52.9 Å². The van der Waals surface area contributed by atoms with E-state index in [1.165, 1.54) is 50.5 Å². The molecule has 0 fully saturated rings. The van der Waals surface area contributed by atoms with Crippen molar-refractivity contribution in [3.8, 4) is 0 Å². The maximum absolute atomic E-state index is 11.9. The number of hydrogen-bond donors (Lipinski definition) is 1. The lowest BCUT2D eigenvalue weighted by molar-refractivity contribution is -0.111. The molecule has 2 rings (SSSR count). The largest absolute Gasteiger partial charge is 0.450 e. The number of hydrogen-bond acceptors (Lipinski definition) is 4. The monoisotopic (exact) mass is 398 g/mol. The molecule has 0 aliphatic heterocycles. The summed E-state index contributed by atoms with van der Waals surface area (Å²) in [6, 6.07) is 9.39. The molecular formula is C15H15BrN2O4S. The first-order valence-electron chi connectivity index (χ1n) is 6.56. The Kier molecular flexibility index (Phi) is 5.40. The predicted octanol–water partition coefficient (Wildman–Crippen LogP) is 2.94. The lowest BCUT2D eigenvalue weighted by Gasteiger charge is -2.11. The standard InChI is InChI=1S/C15H15BrN2O4S/c1-18(2)23(20,21)13-7-3-11(4-8-13)17-15(19)10-6-12-5-9-14(16)22-12/h3-10H,1-2H3,(H,17,19)/b10-6+. The Labute approximate surface area is 143 Å². The number of nitrogens with one attached hydrogen (secondary N) is 1. The van der Waals surface area contributed by atoms with E-state index < -0.39 is 10.0 Å². The zero-order chi connectivity index (χ0) is 17.0. The highest BCUT2D eigenvalue weighted by Crippen LogP contribution is 2.17. The topological polar surface area (TPSA) is 79.6 Å². The molecule has 0 saturated heterocycles. The normalized spacial score (nSPS) is 12.0. The van der Waals surface area contributed by atoms with Crippen LogP contribution in [0.1, 0.15) is 5.76 Å². The first-order valence-corrected chi connectivity index (χ1v) is 8.79. The maximum atomic E-state index is 11.9. The molecule has 1 amide bonds. The number of furan rings is 1. The molecule has 0 spiro atoms.